The maximum atomic E-state index is 11.4. The van der Waals surface area contributed by atoms with Crippen LogP contribution >= 0.6 is 11.6 Å². The number of nitro benzene ring substituents is 1. The number of rotatable bonds is 3. The smallest absolute Gasteiger partial charge is 0.337 e. The highest BCUT2D eigenvalue weighted by atomic mass is 35.5. The Morgan fingerprint density at radius 1 is 1.53 bits per heavy atom. The molecule has 0 aliphatic carbocycles. The Labute approximate surface area is 112 Å². The molecule has 0 saturated carbocycles. The first-order chi connectivity index (χ1) is 9.02. The average Bonchev–Trinajstić information content (AvgIpc) is 2.83. The number of ether oxygens (including phenoxy) is 1. The van der Waals surface area contributed by atoms with E-state index >= 15 is 0 Å². The van der Waals surface area contributed by atoms with Crippen LogP contribution in [-0.4, -0.2) is 27.8 Å². The van der Waals surface area contributed by atoms with Crippen LogP contribution < -0.4 is 0 Å². The lowest BCUT2D eigenvalue weighted by atomic mass is 10.1. The van der Waals surface area contributed by atoms with Gasteiger partial charge in [0.1, 0.15) is 5.69 Å². The van der Waals surface area contributed by atoms with Crippen molar-refractivity contribution in [3.05, 3.63) is 51.3 Å². The zero-order valence-corrected chi connectivity index (χ0v) is 10.5. The summed E-state index contributed by atoms with van der Waals surface area (Å²) >= 11 is 5.73. The molecule has 0 aliphatic heterocycles. The molecule has 19 heavy (non-hydrogen) atoms. The second kappa shape index (κ2) is 5.07. The molecule has 0 aliphatic rings. The van der Waals surface area contributed by atoms with Crippen molar-refractivity contribution in [2.24, 2.45) is 0 Å². The normalized spacial score (nSPS) is 10.2. The number of carbonyl (C=O) groups excluding carboxylic acids is 1. The van der Waals surface area contributed by atoms with E-state index in [1.54, 1.807) is 0 Å². The number of aromatic nitrogens is 2. The van der Waals surface area contributed by atoms with Crippen LogP contribution in [0.5, 0.6) is 0 Å². The second-order valence-electron chi connectivity index (χ2n) is 3.56. The number of nitrogens with zero attached hydrogens (tertiary/aromatic N) is 3. The Balaban J connectivity index is 2.60. The molecule has 0 bridgehead atoms. The molecule has 0 saturated heterocycles. The lowest BCUT2D eigenvalue weighted by Gasteiger charge is -2.05. The van der Waals surface area contributed by atoms with Crippen molar-refractivity contribution in [1.82, 2.24) is 9.78 Å². The van der Waals surface area contributed by atoms with Crippen LogP contribution in [0.1, 0.15) is 10.4 Å². The fourth-order valence-electron chi connectivity index (χ4n) is 1.54. The summed E-state index contributed by atoms with van der Waals surface area (Å²) in [6.07, 6.45) is 2.75. The van der Waals surface area contributed by atoms with Gasteiger partial charge in [0.15, 0.2) is 0 Å². The maximum absolute atomic E-state index is 11.4. The first-order valence-electron chi connectivity index (χ1n) is 5.10. The third-order valence-corrected chi connectivity index (χ3v) is 2.59. The Hall–Kier alpha value is -2.41. The minimum absolute atomic E-state index is 0.139. The van der Waals surface area contributed by atoms with E-state index in [4.69, 9.17) is 11.6 Å². The SMILES string of the molecule is COC(=O)c1ccc([N+](=O)[O-])c(-n2cc(Cl)cn2)c1. The Kier molecular flexibility index (Phi) is 3.48. The molecule has 1 aromatic carbocycles. The zero-order valence-electron chi connectivity index (χ0n) is 9.74. The minimum atomic E-state index is -0.589. The predicted octanol–water partition coefficient (Wildman–Crippen LogP) is 2.22. The number of carbonyl (C=O) groups is 1. The maximum Gasteiger partial charge on any atom is 0.337 e. The molecule has 0 fully saturated rings. The molecule has 2 aromatic rings. The molecular weight excluding hydrogens is 274 g/mol. The molecule has 0 N–H and O–H groups in total. The molecule has 0 atom stereocenters. The number of halogens is 1. The number of methoxy groups -OCH3 is 1. The van der Waals surface area contributed by atoms with Crippen LogP contribution in [-0.2, 0) is 4.74 Å². The van der Waals surface area contributed by atoms with Gasteiger partial charge in [0.05, 0.1) is 28.8 Å². The van der Waals surface area contributed by atoms with E-state index in [-0.39, 0.29) is 16.9 Å². The van der Waals surface area contributed by atoms with Crippen LogP contribution in [0.4, 0.5) is 5.69 Å². The van der Waals surface area contributed by atoms with Gasteiger partial charge >= 0.3 is 5.97 Å². The van der Waals surface area contributed by atoms with E-state index in [1.165, 1.54) is 42.4 Å². The number of hydrogen-bond donors (Lipinski definition) is 0. The molecule has 7 nitrogen and oxygen atoms in total. The molecule has 0 amide bonds. The van der Waals surface area contributed by atoms with E-state index in [1.807, 2.05) is 0 Å². The van der Waals surface area contributed by atoms with Gasteiger partial charge in [-0.2, -0.15) is 5.10 Å². The summed E-state index contributed by atoms with van der Waals surface area (Å²) in [5.74, 6) is -0.589. The zero-order chi connectivity index (χ0) is 14.0. The fraction of sp³-hybridized carbons (Fsp3) is 0.0909. The first kappa shape index (κ1) is 13.0. The largest absolute Gasteiger partial charge is 0.465 e. The van der Waals surface area contributed by atoms with E-state index in [9.17, 15) is 14.9 Å². The molecule has 8 heteroatoms. The van der Waals surface area contributed by atoms with Crippen molar-refractivity contribution in [3.8, 4) is 5.69 Å². The standard InChI is InChI=1S/C11H8ClN3O4/c1-19-11(16)7-2-3-9(15(17)18)10(4-7)14-6-8(12)5-13-14/h2-6H,1H3. The summed E-state index contributed by atoms with van der Waals surface area (Å²) in [5.41, 5.74) is 0.141. The van der Waals surface area contributed by atoms with Gasteiger partial charge in [-0.1, -0.05) is 11.6 Å². The van der Waals surface area contributed by atoms with Crippen molar-refractivity contribution in [2.45, 2.75) is 0 Å². The van der Waals surface area contributed by atoms with Gasteiger partial charge in [-0.3, -0.25) is 10.1 Å². The Morgan fingerprint density at radius 2 is 2.26 bits per heavy atom. The molecule has 2 rings (SSSR count). The minimum Gasteiger partial charge on any atom is -0.465 e. The summed E-state index contributed by atoms with van der Waals surface area (Å²) in [7, 11) is 1.23. The molecule has 1 aromatic heterocycles. The topological polar surface area (TPSA) is 87.3 Å². The van der Waals surface area contributed by atoms with Crippen LogP contribution in [0.3, 0.4) is 0 Å². The third-order valence-electron chi connectivity index (χ3n) is 2.39. The van der Waals surface area contributed by atoms with Crippen molar-refractivity contribution in [1.29, 1.82) is 0 Å². The van der Waals surface area contributed by atoms with Gasteiger partial charge in [0, 0.05) is 12.3 Å². The summed E-state index contributed by atoms with van der Waals surface area (Å²) in [5, 5.41) is 15.2. The lowest BCUT2D eigenvalue weighted by molar-refractivity contribution is -0.384. The molecule has 98 valence electrons. The summed E-state index contributed by atoms with van der Waals surface area (Å²) in [6.45, 7) is 0. The quantitative estimate of drug-likeness (QED) is 0.489. The average molecular weight is 282 g/mol. The van der Waals surface area contributed by atoms with Gasteiger partial charge < -0.3 is 4.74 Å². The summed E-state index contributed by atoms with van der Waals surface area (Å²) < 4.78 is 5.80. The van der Waals surface area contributed by atoms with Crippen molar-refractivity contribution in [2.75, 3.05) is 7.11 Å². The highest BCUT2D eigenvalue weighted by Crippen LogP contribution is 2.25. The molecule has 0 spiro atoms. The lowest BCUT2D eigenvalue weighted by Crippen LogP contribution is -2.06. The van der Waals surface area contributed by atoms with Gasteiger partial charge in [0.25, 0.3) is 5.69 Å². The van der Waals surface area contributed by atoms with Crippen LogP contribution in [0.25, 0.3) is 5.69 Å². The molecule has 0 unspecified atom stereocenters. The summed E-state index contributed by atoms with van der Waals surface area (Å²) in [4.78, 5) is 21.8. The highest BCUT2D eigenvalue weighted by molar-refractivity contribution is 6.30. The third kappa shape index (κ3) is 2.55. The van der Waals surface area contributed by atoms with Gasteiger partial charge in [0.2, 0.25) is 0 Å². The van der Waals surface area contributed by atoms with Crippen molar-refractivity contribution in [3.63, 3.8) is 0 Å². The molecule has 0 radical (unpaired) electrons. The first-order valence-corrected chi connectivity index (χ1v) is 5.48. The summed E-state index contributed by atoms with van der Waals surface area (Å²) in [6, 6.07) is 3.86. The van der Waals surface area contributed by atoms with Crippen molar-refractivity contribution >= 4 is 23.3 Å². The second-order valence-corrected chi connectivity index (χ2v) is 3.99. The fourth-order valence-corrected chi connectivity index (χ4v) is 1.67. The Morgan fingerprint density at radius 3 is 2.79 bits per heavy atom. The van der Waals surface area contributed by atoms with Crippen LogP contribution in [0, 0.1) is 10.1 Å². The van der Waals surface area contributed by atoms with Crippen LogP contribution in [0.15, 0.2) is 30.6 Å². The van der Waals surface area contributed by atoms with E-state index in [0.29, 0.717) is 5.02 Å². The highest BCUT2D eigenvalue weighted by Gasteiger charge is 2.19. The number of benzene rings is 1. The van der Waals surface area contributed by atoms with Crippen molar-refractivity contribution < 1.29 is 14.5 Å². The van der Waals surface area contributed by atoms with E-state index in [2.05, 4.69) is 9.84 Å². The van der Waals surface area contributed by atoms with E-state index in [0.717, 1.165) is 0 Å². The monoisotopic (exact) mass is 281 g/mol. The van der Waals surface area contributed by atoms with Gasteiger partial charge in [-0.25, -0.2) is 9.48 Å². The predicted molar refractivity (Wildman–Crippen MR) is 66.6 cm³/mol. The van der Waals surface area contributed by atoms with Gasteiger partial charge in [-0.05, 0) is 12.1 Å². The number of nitro groups is 1. The molecule has 1 heterocycles. The van der Waals surface area contributed by atoms with E-state index < -0.39 is 10.9 Å². The Bertz CT molecular complexity index is 653. The molecular formula is C11H8ClN3O4. The van der Waals surface area contributed by atoms with Gasteiger partial charge in [-0.15, -0.1) is 0 Å². The van der Waals surface area contributed by atoms with Crippen LogP contribution in [0.2, 0.25) is 5.02 Å². The number of esters is 1. The number of hydrogen-bond acceptors (Lipinski definition) is 5.